The summed E-state index contributed by atoms with van der Waals surface area (Å²) in [5.41, 5.74) is 1.24. The molecule has 1 unspecified atom stereocenters. The van der Waals surface area contributed by atoms with Crippen molar-refractivity contribution in [1.29, 1.82) is 5.26 Å². The number of rotatable bonds is 6. The van der Waals surface area contributed by atoms with E-state index in [0.717, 1.165) is 0 Å². The number of carbonyl (C=O) groups is 2. The first-order chi connectivity index (χ1) is 13.4. The fourth-order valence-electron chi connectivity index (χ4n) is 2.35. The summed E-state index contributed by atoms with van der Waals surface area (Å²) in [6.45, 7) is 1.20. The van der Waals surface area contributed by atoms with Gasteiger partial charge in [-0.25, -0.2) is 9.78 Å². The maximum atomic E-state index is 12.2. The molecule has 0 radical (unpaired) electrons. The lowest BCUT2D eigenvalue weighted by Gasteiger charge is -2.06. The second kappa shape index (κ2) is 8.57. The molecule has 0 aliphatic heterocycles. The van der Waals surface area contributed by atoms with E-state index in [-0.39, 0.29) is 5.76 Å². The van der Waals surface area contributed by atoms with Crippen molar-refractivity contribution in [1.82, 2.24) is 4.98 Å². The van der Waals surface area contributed by atoms with Gasteiger partial charge in [0, 0.05) is 16.6 Å². The van der Waals surface area contributed by atoms with Crippen molar-refractivity contribution < 1.29 is 18.7 Å². The summed E-state index contributed by atoms with van der Waals surface area (Å²) >= 11 is 13.3. The SMILES string of the molecule is Cc1csc(C(C#N)C(=O)COC(=O)c2ccc(-c3cccc(Cl)c3Cl)o2)n1. The maximum Gasteiger partial charge on any atom is 0.374 e. The molecular weight excluding hydrogens is 423 g/mol. The number of esters is 1. The first-order valence-electron chi connectivity index (χ1n) is 7.96. The van der Waals surface area contributed by atoms with Crippen LogP contribution in [0.15, 0.2) is 40.1 Å². The van der Waals surface area contributed by atoms with Crippen LogP contribution in [0.1, 0.15) is 27.2 Å². The van der Waals surface area contributed by atoms with Gasteiger partial charge < -0.3 is 9.15 Å². The zero-order chi connectivity index (χ0) is 20.3. The van der Waals surface area contributed by atoms with Gasteiger partial charge >= 0.3 is 5.97 Å². The molecule has 0 saturated carbocycles. The van der Waals surface area contributed by atoms with E-state index >= 15 is 0 Å². The van der Waals surface area contributed by atoms with Gasteiger partial charge in [-0.15, -0.1) is 11.3 Å². The Labute approximate surface area is 174 Å². The topological polar surface area (TPSA) is 93.2 Å². The second-order valence-electron chi connectivity index (χ2n) is 5.70. The number of ether oxygens (including phenoxy) is 1. The number of Topliss-reactive ketones (excluding diaryl/α,β-unsaturated/α-hetero) is 1. The number of thiazole rings is 1. The Morgan fingerprint density at radius 2 is 2.11 bits per heavy atom. The predicted molar refractivity (Wildman–Crippen MR) is 105 cm³/mol. The molecule has 2 heterocycles. The first-order valence-corrected chi connectivity index (χ1v) is 9.60. The molecular formula is C19H12Cl2N2O4S. The Bertz CT molecular complexity index is 1080. The third-order valence-corrected chi connectivity index (χ3v) is 5.55. The lowest BCUT2D eigenvalue weighted by molar-refractivity contribution is -0.122. The van der Waals surface area contributed by atoms with Crippen LogP contribution in [0, 0.1) is 18.3 Å². The minimum absolute atomic E-state index is 0.0996. The maximum absolute atomic E-state index is 12.2. The smallest absolute Gasteiger partial charge is 0.374 e. The van der Waals surface area contributed by atoms with Gasteiger partial charge in [0.15, 0.2) is 18.3 Å². The summed E-state index contributed by atoms with van der Waals surface area (Å²) in [6, 6.07) is 9.87. The van der Waals surface area contributed by atoms with Gasteiger partial charge in [-0.2, -0.15) is 5.26 Å². The normalized spacial score (nSPS) is 11.6. The molecule has 1 aromatic carbocycles. The van der Waals surface area contributed by atoms with Crippen LogP contribution in [0.25, 0.3) is 11.3 Å². The summed E-state index contributed by atoms with van der Waals surface area (Å²) in [5.74, 6) is -2.24. The predicted octanol–water partition coefficient (Wildman–Crippen LogP) is 5.05. The minimum atomic E-state index is -1.08. The molecule has 9 heteroatoms. The Kier molecular flexibility index (Phi) is 6.15. The summed E-state index contributed by atoms with van der Waals surface area (Å²) < 4.78 is 10.5. The molecule has 0 aliphatic carbocycles. The number of ketones is 1. The highest BCUT2D eigenvalue weighted by Crippen LogP contribution is 2.34. The highest BCUT2D eigenvalue weighted by atomic mass is 35.5. The fourth-order valence-corrected chi connectivity index (χ4v) is 3.60. The third-order valence-electron chi connectivity index (χ3n) is 3.70. The number of furan rings is 1. The van der Waals surface area contributed by atoms with Gasteiger partial charge in [-0.1, -0.05) is 29.3 Å². The van der Waals surface area contributed by atoms with Crippen molar-refractivity contribution >= 4 is 46.3 Å². The molecule has 142 valence electrons. The number of halogens is 2. The second-order valence-corrected chi connectivity index (χ2v) is 7.37. The van der Waals surface area contributed by atoms with E-state index in [4.69, 9.17) is 32.4 Å². The number of benzene rings is 1. The Balaban J connectivity index is 1.67. The van der Waals surface area contributed by atoms with Gasteiger partial charge in [0.2, 0.25) is 5.76 Å². The van der Waals surface area contributed by atoms with Crippen molar-refractivity contribution in [2.45, 2.75) is 12.8 Å². The van der Waals surface area contributed by atoms with Gasteiger partial charge in [0.25, 0.3) is 0 Å². The molecule has 28 heavy (non-hydrogen) atoms. The van der Waals surface area contributed by atoms with Crippen molar-refractivity contribution in [3.8, 4) is 17.4 Å². The summed E-state index contributed by atoms with van der Waals surface area (Å²) in [4.78, 5) is 28.5. The Morgan fingerprint density at radius 3 is 2.79 bits per heavy atom. The van der Waals surface area contributed by atoms with E-state index < -0.39 is 24.3 Å². The van der Waals surface area contributed by atoms with Crippen LogP contribution in [-0.4, -0.2) is 23.3 Å². The van der Waals surface area contributed by atoms with Crippen LogP contribution >= 0.6 is 34.5 Å². The third kappa shape index (κ3) is 4.25. The average molecular weight is 435 g/mol. The van der Waals surface area contributed by atoms with E-state index in [0.29, 0.717) is 32.1 Å². The molecule has 3 aromatic rings. The minimum Gasteiger partial charge on any atom is -0.452 e. The molecule has 0 saturated heterocycles. The summed E-state index contributed by atoms with van der Waals surface area (Å²) in [6.07, 6.45) is 0. The number of aryl methyl sites for hydroxylation is 1. The van der Waals surface area contributed by atoms with Crippen LogP contribution in [0.4, 0.5) is 0 Å². The number of aromatic nitrogens is 1. The zero-order valence-electron chi connectivity index (χ0n) is 14.4. The quantitative estimate of drug-likeness (QED) is 0.503. The number of hydrogen-bond acceptors (Lipinski definition) is 7. The van der Waals surface area contributed by atoms with E-state index in [1.54, 1.807) is 36.6 Å². The highest BCUT2D eigenvalue weighted by Gasteiger charge is 2.25. The monoisotopic (exact) mass is 434 g/mol. The van der Waals surface area contributed by atoms with Crippen molar-refractivity contribution in [3.63, 3.8) is 0 Å². The molecule has 0 aliphatic rings. The summed E-state index contributed by atoms with van der Waals surface area (Å²) in [7, 11) is 0. The van der Waals surface area contributed by atoms with Crippen LogP contribution in [0.2, 0.25) is 10.0 Å². The van der Waals surface area contributed by atoms with E-state index in [1.807, 2.05) is 6.07 Å². The van der Waals surface area contributed by atoms with Crippen LogP contribution in [-0.2, 0) is 9.53 Å². The molecule has 2 aromatic heterocycles. The van der Waals surface area contributed by atoms with Crippen LogP contribution < -0.4 is 0 Å². The standard InChI is InChI=1S/C19H12Cl2N2O4S/c1-10-9-28-18(23-10)12(7-22)14(24)8-26-19(25)16-6-5-15(27-16)11-3-2-4-13(20)17(11)21/h2-6,9,12H,8H2,1H3. The molecule has 0 amide bonds. The number of nitrogens with zero attached hydrogens (tertiary/aromatic N) is 2. The van der Waals surface area contributed by atoms with Crippen molar-refractivity contribution in [2.75, 3.05) is 6.61 Å². The lowest BCUT2D eigenvalue weighted by Crippen LogP contribution is -2.19. The number of hydrogen-bond donors (Lipinski definition) is 0. The van der Waals surface area contributed by atoms with E-state index in [9.17, 15) is 14.9 Å². The van der Waals surface area contributed by atoms with E-state index in [2.05, 4.69) is 4.98 Å². The van der Waals surface area contributed by atoms with E-state index in [1.165, 1.54) is 17.4 Å². The highest BCUT2D eigenvalue weighted by molar-refractivity contribution is 7.09. The largest absolute Gasteiger partial charge is 0.452 e. The summed E-state index contributed by atoms with van der Waals surface area (Å²) in [5, 5.41) is 12.0. The number of nitriles is 1. The Morgan fingerprint density at radius 1 is 1.32 bits per heavy atom. The Hall–Kier alpha value is -2.66. The molecule has 6 nitrogen and oxygen atoms in total. The van der Waals surface area contributed by atoms with Crippen molar-refractivity contribution in [3.05, 3.63) is 62.2 Å². The average Bonchev–Trinajstić information content (AvgIpc) is 3.32. The molecule has 0 bridgehead atoms. The molecule has 0 fully saturated rings. The molecule has 3 rings (SSSR count). The molecule has 0 spiro atoms. The fraction of sp³-hybridized carbons (Fsp3) is 0.158. The van der Waals surface area contributed by atoms with Gasteiger partial charge in [0.05, 0.1) is 16.1 Å². The van der Waals surface area contributed by atoms with Gasteiger partial charge in [0.1, 0.15) is 10.8 Å². The van der Waals surface area contributed by atoms with Gasteiger partial charge in [-0.05, 0) is 31.2 Å². The van der Waals surface area contributed by atoms with Crippen molar-refractivity contribution in [2.24, 2.45) is 0 Å². The number of carbonyl (C=O) groups excluding carboxylic acids is 2. The van der Waals surface area contributed by atoms with Crippen LogP contribution in [0.5, 0.6) is 0 Å². The van der Waals surface area contributed by atoms with Gasteiger partial charge in [-0.3, -0.25) is 4.79 Å². The molecule has 1 atom stereocenters. The zero-order valence-corrected chi connectivity index (χ0v) is 16.8. The van der Waals surface area contributed by atoms with Crippen LogP contribution in [0.3, 0.4) is 0 Å². The molecule has 0 N–H and O–H groups in total. The first kappa shape index (κ1) is 20.1. The lowest BCUT2D eigenvalue weighted by atomic mass is 10.1.